The lowest BCUT2D eigenvalue weighted by Gasteiger charge is -2.35. The van der Waals surface area contributed by atoms with Crippen molar-refractivity contribution in [3.05, 3.63) is 87.1 Å². The molecule has 2 aliphatic rings. The van der Waals surface area contributed by atoms with Gasteiger partial charge in [0.1, 0.15) is 0 Å². The first kappa shape index (κ1) is 16.8. The monoisotopic (exact) mass is 363 g/mol. The highest BCUT2D eigenvalue weighted by Gasteiger charge is 2.43. The maximum Gasteiger partial charge on any atom is 0.192 e. The van der Waals surface area contributed by atoms with E-state index in [2.05, 4.69) is 0 Å². The Morgan fingerprint density at radius 1 is 1.04 bits per heavy atom. The van der Waals surface area contributed by atoms with Gasteiger partial charge in [0.25, 0.3) is 0 Å². The lowest BCUT2D eigenvalue weighted by atomic mass is 9.78. The Balaban J connectivity index is 2.01. The number of fused-ring (bicyclic) bond motifs is 2. The number of nitrogens with zero attached hydrogens (tertiary/aromatic N) is 1. The van der Waals surface area contributed by atoms with Crippen molar-refractivity contribution in [1.29, 1.82) is 0 Å². The molecule has 0 saturated carbocycles. The number of benzene rings is 2. The first-order chi connectivity index (χ1) is 12.4. The molecule has 1 heterocycles. The molecule has 0 amide bonds. The summed E-state index contributed by atoms with van der Waals surface area (Å²) in [6.07, 6.45) is 0. The van der Waals surface area contributed by atoms with Gasteiger partial charge in [0, 0.05) is 46.0 Å². The van der Waals surface area contributed by atoms with E-state index < -0.39 is 0 Å². The van der Waals surface area contributed by atoms with Crippen LogP contribution in [0.5, 0.6) is 0 Å². The van der Waals surface area contributed by atoms with E-state index in [9.17, 15) is 9.59 Å². The van der Waals surface area contributed by atoms with Gasteiger partial charge in [-0.2, -0.15) is 0 Å². The molecular weight excluding hydrogens is 346 g/mol. The molecule has 1 atom stereocenters. The van der Waals surface area contributed by atoms with Crippen LogP contribution in [0.25, 0.3) is 5.70 Å². The van der Waals surface area contributed by atoms with Crippen molar-refractivity contribution in [2.45, 2.75) is 19.8 Å². The van der Waals surface area contributed by atoms with E-state index in [4.69, 9.17) is 11.6 Å². The van der Waals surface area contributed by atoms with Crippen molar-refractivity contribution in [3.8, 4) is 0 Å². The summed E-state index contributed by atoms with van der Waals surface area (Å²) in [5.41, 5.74) is 5.63. The molecule has 2 aromatic rings. The van der Waals surface area contributed by atoms with Gasteiger partial charge in [0.05, 0.1) is 5.70 Å². The van der Waals surface area contributed by atoms with Crippen LogP contribution < -0.4 is 0 Å². The van der Waals surface area contributed by atoms with Gasteiger partial charge in [-0.1, -0.05) is 48.0 Å². The molecule has 4 rings (SSSR count). The van der Waals surface area contributed by atoms with E-state index >= 15 is 0 Å². The summed E-state index contributed by atoms with van der Waals surface area (Å²) in [7, 11) is 1.92. The van der Waals surface area contributed by atoms with Crippen LogP contribution in [0.1, 0.15) is 41.3 Å². The Labute approximate surface area is 157 Å². The Bertz CT molecular complexity index is 1010. The molecule has 0 radical (unpaired) electrons. The summed E-state index contributed by atoms with van der Waals surface area (Å²) in [4.78, 5) is 27.8. The third-order valence-electron chi connectivity index (χ3n) is 5.31. The molecule has 26 heavy (non-hydrogen) atoms. The van der Waals surface area contributed by atoms with Crippen LogP contribution in [0.4, 0.5) is 0 Å². The number of halogens is 1. The molecule has 0 saturated heterocycles. The van der Waals surface area contributed by atoms with Crippen LogP contribution in [-0.2, 0) is 4.79 Å². The van der Waals surface area contributed by atoms with E-state index in [1.165, 1.54) is 0 Å². The molecule has 1 aliphatic heterocycles. The van der Waals surface area contributed by atoms with Gasteiger partial charge in [-0.3, -0.25) is 9.59 Å². The number of ketones is 2. The predicted octanol–water partition coefficient (Wildman–Crippen LogP) is 4.84. The molecule has 0 aromatic heterocycles. The number of carbonyl (C=O) groups is 2. The molecule has 0 N–H and O–H groups in total. The number of carbonyl (C=O) groups excluding carboxylic acids is 2. The van der Waals surface area contributed by atoms with Gasteiger partial charge >= 0.3 is 0 Å². The average molecular weight is 364 g/mol. The maximum absolute atomic E-state index is 13.3. The minimum Gasteiger partial charge on any atom is -0.347 e. The zero-order valence-electron chi connectivity index (χ0n) is 14.8. The van der Waals surface area contributed by atoms with Gasteiger partial charge in [0.2, 0.25) is 0 Å². The number of hydrogen-bond donors (Lipinski definition) is 0. The van der Waals surface area contributed by atoms with Gasteiger partial charge in [0.15, 0.2) is 11.6 Å². The Kier molecular flexibility index (Phi) is 3.85. The minimum absolute atomic E-state index is 0.00588. The minimum atomic E-state index is -0.379. The fourth-order valence-electron chi connectivity index (χ4n) is 4.06. The lowest BCUT2D eigenvalue weighted by molar-refractivity contribution is -0.113. The second-order valence-corrected chi connectivity index (χ2v) is 7.17. The van der Waals surface area contributed by atoms with E-state index in [1.54, 1.807) is 19.1 Å². The van der Waals surface area contributed by atoms with Crippen LogP contribution in [0.2, 0.25) is 5.02 Å². The third kappa shape index (κ3) is 2.27. The van der Waals surface area contributed by atoms with E-state index in [0.29, 0.717) is 21.7 Å². The highest BCUT2D eigenvalue weighted by Crippen LogP contribution is 2.49. The molecule has 4 heteroatoms. The molecule has 0 spiro atoms. The zero-order chi connectivity index (χ0) is 18.6. The van der Waals surface area contributed by atoms with E-state index in [-0.39, 0.29) is 17.5 Å². The van der Waals surface area contributed by atoms with Gasteiger partial charge in [-0.25, -0.2) is 0 Å². The van der Waals surface area contributed by atoms with Gasteiger partial charge < -0.3 is 4.90 Å². The maximum atomic E-state index is 13.3. The van der Waals surface area contributed by atoms with Crippen LogP contribution in [-0.4, -0.2) is 23.5 Å². The zero-order valence-corrected chi connectivity index (χ0v) is 15.6. The van der Waals surface area contributed by atoms with Gasteiger partial charge in [-0.05, 0) is 31.5 Å². The Hall–Kier alpha value is -2.65. The first-order valence-corrected chi connectivity index (χ1v) is 8.88. The molecule has 0 fully saturated rings. The van der Waals surface area contributed by atoms with Crippen molar-refractivity contribution in [3.63, 3.8) is 0 Å². The Morgan fingerprint density at radius 2 is 1.65 bits per heavy atom. The molecule has 0 bridgehead atoms. The number of hydrogen-bond acceptors (Lipinski definition) is 3. The Morgan fingerprint density at radius 3 is 2.27 bits per heavy atom. The standard InChI is InChI=1S/C22H18ClNO2/c1-12-18(13(2)25)19(14-8-10-15(23)11-9-14)20-21(24(12)3)16-6-4-5-7-17(16)22(20)26/h4-11,19H,1-3H3/t19-/m1/s1. The lowest BCUT2D eigenvalue weighted by Crippen LogP contribution is -2.29. The second kappa shape index (κ2) is 5.96. The highest BCUT2D eigenvalue weighted by atomic mass is 35.5. The second-order valence-electron chi connectivity index (χ2n) is 6.74. The fourth-order valence-corrected chi connectivity index (χ4v) is 4.19. The number of rotatable bonds is 2. The molecule has 0 unspecified atom stereocenters. The molecule has 2 aromatic carbocycles. The van der Waals surface area contributed by atoms with Crippen molar-refractivity contribution < 1.29 is 9.59 Å². The predicted molar refractivity (Wildman–Crippen MR) is 103 cm³/mol. The third-order valence-corrected chi connectivity index (χ3v) is 5.57. The van der Waals surface area contributed by atoms with Crippen molar-refractivity contribution in [2.24, 2.45) is 0 Å². The average Bonchev–Trinajstić information content (AvgIpc) is 2.92. The summed E-state index contributed by atoms with van der Waals surface area (Å²) < 4.78 is 0. The van der Waals surface area contributed by atoms with Crippen molar-refractivity contribution >= 4 is 28.9 Å². The van der Waals surface area contributed by atoms with Crippen LogP contribution >= 0.6 is 11.6 Å². The SMILES string of the molecule is CC(=O)C1=C(C)N(C)C2=C(C(=O)c3ccccc32)[C@@H]1c1ccc(Cl)cc1. The van der Waals surface area contributed by atoms with Crippen molar-refractivity contribution in [1.82, 2.24) is 4.90 Å². The smallest absolute Gasteiger partial charge is 0.192 e. The molecule has 1 aliphatic carbocycles. The fraction of sp³-hybridized carbons (Fsp3) is 0.182. The summed E-state index contributed by atoms with van der Waals surface area (Å²) in [5.74, 6) is -0.408. The van der Waals surface area contributed by atoms with Crippen molar-refractivity contribution in [2.75, 3.05) is 7.05 Å². The van der Waals surface area contributed by atoms with Crippen LogP contribution in [0.15, 0.2) is 65.4 Å². The van der Waals surface area contributed by atoms with E-state index in [0.717, 1.165) is 22.5 Å². The van der Waals surface area contributed by atoms with Crippen LogP contribution in [0, 0.1) is 0 Å². The number of Topliss-reactive ketones (excluding diaryl/α,β-unsaturated/α-hetero) is 2. The summed E-state index contributed by atoms with van der Waals surface area (Å²) in [5, 5.41) is 0.627. The first-order valence-electron chi connectivity index (χ1n) is 8.51. The van der Waals surface area contributed by atoms with Crippen LogP contribution in [0.3, 0.4) is 0 Å². The largest absolute Gasteiger partial charge is 0.347 e. The summed E-state index contributed by atoms with van der Waals surface area (Å²) >= 11 is 6.05. The highest BCUT2D eigenvalue weighted by molar-refractivity contribution is 6.30. The van der Waals surface area contributed by atoms with E-state index in [1.807, 2.05) is 55.3 Å². The number of allylic oxidation sites excluding steroid dienone is 3. The molecule has 130 valence electrons. The quantitative estimate of drug-likeness (QED) is 0.766. The van der Waals surface area contributed by atoms with Gasteiger partial charge in [-0.15, -0.1) is 0 Å². The summed E-state index contributed by atoms with van der Waals surface area (Å²) in [6.45, 7) is 3.50. The molecule has 3 nitrogen and oxygen atoms in total. The topological polar surface area (TPSA) is 37.4 Å². The normalized spacial score (nSPS) is 19.0. The molecular formula is C22H18ClNO2. The summed E-state index contributed by atoms with van der Waals surface area (Å²) in [6, 6.07) is 15.0.